The van der Waals surface area contributed by atoms with Crippen LogP contribution in [0.15, 0.2) is 48.5 Å². The Morgan fingerprint density at radius 1 is 1.05 bits per heavy atom. The Balaban J connectivity index is 1.92. The topological polar surface area (TPSA) is 47.6 Å². The third kappa shape index (κ3) is 4.25. The van der Waals surface area contributed by atoms with Crippen LogP contribution in [0.4, 0.5) is 5.69 Å². The molecular weight excluding hydrogens is 278 g/mol. The lowest BCUT2D eigenvalue weighted by Gasteiger charge is -2.15. The van der Waals surface area contributed by atoms with Crippen LogP contribution in [0, 0.1) is 0 Å². The molecule has 0 fully saturated rings. The summed E-state index contributed by atoms with van der Waals surface area (Å²) in [7, 11) is 1.61. The molecule has 2 rings (SSSR count). The highest BCUT2D eigenvalue weighted by atomic mass is 16.5. The van der Waals surface area contributed by atoms with Crippen molar-refractivity contribution >= 4 is 11.6 Å². The fourth-order valence-electron chi connectivity index (χ4n) is 1.98. The third-order valence-electron chi connectivity index (χ3n) is 3.37. The molecule has 0 saturated carbocycles. The van der Waals surface area contributed by atoms with Crippen LogP contribution in [0.1, 0.15) is 19.4 Å². The number of aryl methyl sites for hydroxylation is 1. The maximum absolute atomic E-state index is 12.1. The first-order valence-electron chi connectivity index (χ1n) is 7.33. The maximum atomic E-state index is 12.1. The number of methoxy groups -OCH3 is 1. The van der Waals surface area contributed by atoms with Crippen molar-refractivity contribution in [2.24, 2.45) is 0 Å². The molecule has 116 valence electrons. The molecular formula is C18H21NO3. The van der Waals surface area contributed by atoms with Gasteiger partial charge in [0.2, 0.25) is 0 Å². The number of anilines is 1. The molecule has 0 spiro atoms. The molecule has 0 unspecified atom stereocenters. The van der Waals surface area contributed by atoms with E-state index >= 15 is 0 Å². The average Bonchev–Trinajstić information content (AvgIpc) is 2.56. The lowest BCUT2D eigenvalue weighted by atomic mass is 10.1. The molecule has 0 aliphatic heterocycles. The summed E-state index contributed by atoms with van der Waals surface area (Å²) in [6, 6.07) is 15.0. The van der Waals surface area contributed by atoms with E-state index in [9.17, 15) is 4.79 Å². The van der Waals surface area contributed by atoms with Crippen molar-refractivity contribution in [2.75, 3.05) is 12.4 Å². The Kier molecular flexibility index (Phi) is 5.42. The molecule has 22 heavy (non-hydrogen) atoms. The molecule has 0 aromatic heterocycles. The van der Waals surface area contributed by atoms with Crippen molar-refractivity contribution in [3.8, 4) is 11.5 Å². The van der Waals surface area contributed by atoms with Crippen LogP contribution < -0.4 is 14.8 Å². The van der Waals surface area contributed by atoms with E-state index in [4.69, 9.17) is 9.47 Å². The molecule has 1 amide bonds. The summed E-state index contributed by atoms with van der Waals surface area (Å²) >= 11 is 0. The Bertz CT molecular complexity index is 605. The molecule has 2 aromatic rings. The van der Waals surface area contributed by atoms with E-state index < -0.39 is 6.10 Å². The molecule has 4 nitrogen and oxygen atoms in total. The maximum Gasteiger partial charge on any atom is 0.265 e. The zero-order valence-corrected chi connectivity index (χ0v) is 13.1. The van der Waals surface area contributed by atoms with Crippen LogP contribution in [-0.4, -0.2) is 19.1 Å². The molecule has 0 heterocycles. The van der Waals surface area contributed by atoms with E-state index in [-0.39, 0.29) is 5.91 Å². The summed E-state index contributed by atoms with van der Waals surface area (Å²) in [5, 5.41) is 2.85. The van der Waals surface area contributed by atoms with E-state index in [2.05, 4.69) is 12.2 Å². The number of hydrogen-bond donors (Lipinski definition) is 1. The first kappa shape index (κ1) is 15.9. The van der Waals surface area contributed by atoms with Gasteiger partial charge in [0.05, 0.1) is 7.11 Å². The molecule has 1 N–H and O–H groups in total. The standard InChI is InChI=1S/C18H21NO3/c1-4-14-5-7-15(8-6-14)19-18(20)13(2)22-17-11-9-16(21-3)10-12-17/h5-13H,4H2,1-3H3,(H,19,20)/t13-/m0/s1. The van der Waals surface area contributed by atoms with E-state index in [1.807, 2.05) is 24.3 Å². The normalized spacial score (nSPS) is 11.6. The zero-order valence-electron chi connectivity index (χ0n) is 13.1. The van der Waals surface area contributed by atoms with Crippen LogP contribution in [0.25, 0.3) is 0 Å². The summed E-state index contributed by atoms with van der Waals surface area (Å²) in [5.74, 6) is 1.20. The fourth-order valence-corrected chi connectivity index (χ4v) is 1.98. The second kappa shape index (κ2) is 7.50. The van der Waals surface area contributed by atoms with Crippen LogP contribution in [0.5, 0.6) is 11.5 Å². The Morgan fingerprint density at radius 3 is 2.18 bits per heavy atom. The number of hydrogen-bond acceptors (Lipinski definition) is 3. The van der Waals surface area contributed by atoms with Crippen molar-refractivity contribution in [1.82, 2.24) is 0 Å². The van der Waals surface area contributed by atoms with Gasteiger partial charge in [-0.05, 0) is 55.3 Å². The number of amides is 1. The predicted octanol–water partition coefficient (Wildman–Crippen LogP) is 3.66. The fraction of sp³-hybridized carbons (Fsp3) is 0.278. The zero-order chi connectivity index (χ0) is 15.9. The van der Waals surface area contributed by atoms with Gasteiger partial charge in [-0.25, -0.2) is 0 Å². The van der Waals surface area contributed by atoms with E-state index in [0.717, 1.165) is 17.9 Å². The Morgan fingerprint density at radius 2 is 1.64 bits per heavy atom. The van der Waals surface area contributed by atoms with Gasteiger partial charge in [0, 0.05) is 5.69 Å². The molecule has 0 aliphatic rings. The number of carbonyl (C=O) groups excluding carboxylic acids is 1. The SMILES string of the molecule is CCc1ccc(NC(=O)[C@H](C)Oc2ccc(OC)cc2)cc1. The highest BCUT2D eigenvalue weighted by Crippen LogP contribution is 2.18. The quantitative estimate of drug-likeness (QED) is 0.885. The Labute approximate surface area is 131 Å². The van der Waals surface area contributed by atoms with Gasteiger partial charge in [-0.3, -0.25) is 4.79 Å². The second-order valence-electron chi connectivity index (χ2n) is 4.98. The minimum atomic E-state index is -0.584. The van der Waals surface area contributed by atoms with E-state index in [1.165, 1.54) is 5.56 Å². The number of ether oxygens (including phenoxy) is 2. The van der Waals surface area contributed by atoms with Crippen molar-refractivity contribution in [2.45, 2.75) is 26.4 Å². The number of benzene rings is 2. The summed E-state index contributed by atoms with van der Waals surface area (Å²) in [5.41, 5.74) is 2.01. The molecule has 0 radical (unpaired) electrons. The van der Waals surface area contributed by atoms with E-state index in [0.29, 0.717) is 5.75 Å². The average molecular weight is 299 g/mol. The van der Waals surface area contributed by atoms with Crippen LogP contribution in [0.2, 0.25) is 0 Å². The summed E-state index contributed by atoms with van der Waals surface area (Å²) in [6.45, 7) is 3.82. The van der Waals surface area contributed by atoms with Crippen molar-refractivity contribution in [3.63, 3.8) is 0 Å². The van der Waals surface area contributed by atoms with Gasteiger partial charge in [0.15, 0.2) is 6.10 Å². The van der Waals surface area contributed by atoms with Crippen molar-refractivity contribution < 1.29 is 14.3 Å². The number of nitrogens with one attached hydrogen (secondary N) is 1. The number of rotatable bonds is 6. The van der Waals surface area contributed by atoms with Gasteiger partial charge in [-0.1, -0.05) is 19.1 Å². The summed E-state index contributed by atoms with van der Waals surface area (Å²) < 4.78 is 10.7. The van der Waals surface area contributed by atoms with Gasteiger partial charge in [0.25, 0.3) is 5.91 Å². The predicted molar refractivity (Wildman–Crippen MR) is 87.5 cm³/mol. The molecule has 0 aliphatic carbocycles. The van der Waals surface area contributed by atoms with Crippen LogP contribution >= 0.6 is 0 Å². The minimum Gasteiger partial charge on any atom is -0.497 e. The van der Waals surface area contributed by atoms with Gasteiger partial charge >= 0.3 is 0 Å². The van der Waals surface area contributed by atoms with Gasteiger partial charge in [-0.2, -0.15) is 0 Å². The third-order valence-corrected chi connectivity index (χ3v) is 3.37. The van der Waals surface area contributed by atoms with Crippen LogP contribution in [0.3, 0.4) is 0 Å². The molecule has 0 bridgehead atoms. The largest absolute Gasteiger partial charge is 0.497 e. The first-order valence-corrected chi connectivity index (χ1v) is 7.33. The van der Waals surface area contributed by atoms with Gasteiger partial charge < -0.3 is 14.8 Å². The summed E-state index contributed by atoms with van der Waals surface area (Å²) in [6.07, 6.45) is 0.393. The van der Waals surface area contributed by atoms with Gasteiger partial charge in [0.1, 0.15) is 11.5 Å². The molecule has 0 saturated heterocycles. The highest BCUT2D eigenvalue weighted by molar-refractivity contribution is 5.94. The van der Waals surface area contributed by atoms with Gasteiger partial charge in [-0.15, -0.1) is 0 Å². The lowest BCUT2D eigenvalue weighted by Crippen LogP contribution is -2.30. The van der Waals surface area contributed by atoms with E-state index in [1.54, 1.807) is 38.3 Å². The monoisotopic (exact) mass is 299 g/mol. The smallest absolute Gasteiger partial charge is 0.265 e. The minimum absolute atomic E-state index is 0.180. The Hall–Kier alpha value is -2.49. The van der Waals surface area contributed by atoms with Crippen molar-refractivity contribution in [1.29, 1.82) is 0 Å². The molecule has 1 atom stereocenters. The second-order valence-corrected chi connectivity index (χ2v) is 4.98. The molecule has 2 aromatic carbocycles. The summed E-state index contributed by atoms with van der Waals surface area (Å²) in [4.78, 5) is 12.1. The number of carbonyl (C=O) groups is 1. The first-order chi connectivity index (χ1) is 10.6. The lowest BCUT2D eigenvalue weighted by molar-refractivity contribution is -0.122. The van der Waals surface area contributed by atoms with Crippen LogP contribution in [-0.2, 0) is 11.2 Å². The van der Waals surface area contributed by atoms with Crippen molar-refractivity contribution in [3.05, 3.63) is 54.1 Å². The highest BCUT2D eigenvalue weighted by Gasteiger charge is 2.14. The molecule has 4 heteroatoms.